The molecule has 2 aromatic carbocycles. The molecule has 0 saturated heterocycles. The highest BCUT2D eigenvalue weighted by atomic mass is 19.1. The van der Waals surface area contributed by atoms with Gasteiger partial charge in [0.05, 0.1) is 0 Å². The van der Waals surface area contributed by atoms with Gasteiger partial charge in [-0.1, -0.05) is 30.3 Å². The lowest BCUT2D eigenvalue weighted by atomic mass is 10.2. The SMILES string of the molecule is Cc1cc(=O)n(CC(=O)Nc2ccc(F)cc2)c(-c2ccccc2)n1. The number of benzene rings is 2. The lowest BCUT2D eigenvalue weighted by molar-refractivity contribution is -0.116. The fourth-order valence-electron chi connectivity index (χ4n) is 2.46. The summed E-state index contributed by atoms with van der Waals surface area (Å²) in [5.74, 6) is -0.347. The van der Waals surface area contributed by atoms with Gasteiger partial charge in [0, 0.05) is 23.0 Å². The topological polar surface area (TPSA) is 64.0 Å². The lowest BCUT2D eigenvalue weighted by Crippen LogP contribution is -2.29. The van der Waals surface area contributed by atoms with Crippen molar-refractivity contribution in [1.29, 1.82) is 0 Å². The summed E-state index contributed by atoms with van der Waals surface area (Å²) in [7, 11) is 0. The van der Waals surface area contributed by atoms with Gasteiger partial charge in [0.2, 0.25) is 5.91 Å². The first-order valence-electron chi connectivity index (χ1n) is 7.72. The minimum atomic E-state index is -0.392. The van der Waals surface area contributed by atoms with E-state index < -0.39 is 5.91 Å². The Labute approximate surface area is 143 Å². The van der Waals surface area contributed by atoms with Gasteiger partial charge in [-0.25, -0.2) is 9.37 Å². The summed E-state index contributed by atoms with van der Waals surface area (Å²) < 4.78 is 14.3. The van der Waals surface area contributed by atoms with E-state index in [1.807, 2.05) is 30.3 Å². The molecular weight excluding hydrogens is 321 g/mol. The monoisotopic (exact) mass is 337 g/mol. The van der Waals surface area contributed by atoms with Crippen molar-refractivity contribution < 1.29 is 9.18 Å². The molecule has 0 bridgehead atoms. The zero-order chi connectivity index (χ0) is 17.8. The van der Waals surface area contributed by atoms with Crippen molar-refractivity contribution in [2.24, 2.45) is 0 Å². The smallest absolute Gasteiger partial charge is 0.254 e. The van der Waals surface area contributed by atoms with Crippen LogP contribution >= 0.6 is 0 Å². The second-order valence-electron chi connectivity index (χ2n) is 5.57. The predicted octanol–water partition coefficient (Wildman–Crippen LogP) is 3.00. The maximum atomic E-state index is 12.9. The number of aromatic nitrogens is 2. The molecule has 25 heavy (non-hydrogen) atoms. The minimum absolute atomic E-state index is 0.187. The van der Waals surface area contributed by atoms with Crippen molar-refractivity contribution >= 4 is 11.6 Å². The van der Waals surface area contributed by atoms with E-state index in [1.165, 1.54) is 34.9 Å². The van der Waals surface area contributed by atoms with Gasteiger partial charge in [0.1, 0.15) is 18.2 Å². The van der Waals surface area contributed by atoms with Crippen LogP contribution in [0.5, 0.6) is 0 Å². The van der Waals surface area contributed by atoms with E-state index in [-0.39, 0.29) is 17.9 Å². The van der Waals surface area contributed by atoms with Crippen LogP contribution in [0.25, 0.3) is 11.4 Å². The van der Waals surface area contributed by atoms with Gasteiger partial charge in [-0.05, 0) is 31.2 Å². The van der Waals surface area contributed by atoms with Crippen LogP contribution in [0.4, 0.5) is 10.1 Å². The van der Waals surface area contributed by atoms with Crippen LogP contribution in [0.1, 0.15) is 5.69 Å². The van der Waals surface area contributed by atoms with Gasteiger partial charge in [0.15, 0.2) is 0 Å². The Balaban J connectivity index is 1.90. The van der Waals surface area contributed by atoms with Gasteiger partial charge in [-0.2, -0.15) is 0 Å². The number of carbonyl (C=O) groups is 1. The highest BCUT2D eigenvalue weighted by molar-refractivity contribution is 5.90. The summed E-state index contributed by atoms with van der Waals surface area (Å²) in [5, 5.41) is 2.65. The summed E-state index contributed by atoms with van der Waals surface area (Å²) in [6, 6.07) is 16.0. The largest absolute Gasteiger partial charge is 0.325 e. The third kappa shape index (κ3) is 3.98. The molecule has 6 heteroatoms. The number of carbonyl (C=O) groups excluding carboxylic acids is 1. The van der Waals surface area contributed by atoms with E-state index in [0.29, 0.717) is 17.2 Å². The minimum Gasteiger partial charge on any atom is -0.325 e. The molecule has 0 saturated carbocycles. The van der Waals surface area contributed by atoms with Crippen LogP contribution in [0, 0.1) is 12.7 Å². The summed E-state index contributed by atoms with van der Waals surface area (Å²) in [6.45, 7) is 1.55. The number of hydrogen-bond acceptors (Lipinski definition) is 3. The highest BCUT2D eigenvalue weighted by Gasteiger charge is 2.13. The number of amides is 1. The molecule has 0 unspecified atom stereocenters. The average Bonchev–Trinajstić information content (AvgIpc) is 2.60. The molecule has 126 valence electrons. The number of aryl methyl sites for hydroxylation is 1. The molecule has 0 atom stereocenters. The van der Waals surface area contributed by atoms with Crippen molar-refractivity contribution in [2.45, 2.75) is 13.5 Å². The van der Waals surface area contributed by atoms with E-state index in [2.05, 4.69) is 10.3 Å². The van der Waals surface area contributed by atoms with Crippen molar-refractivity contribution in [3.05, 3.63) is 82.5 Å². The van der Waals surface area contributed by atoms with Gasteiger partial charge in [0.25, 0.3) is 5.56 Å². The summed E-state index contributed by atoms with van der Waals surface area (Å²) in [4.78, 5) is 29.1. The fraction of sp³-hybridized carbons (Fsp3) is 0.105. The number of rotatable bonds is 4. The Morgan fingerprint density at radius 2 is 1.80 bits per heavy atom. The van der Waals surface area contributed by atoms with Crippen molar-refractivity contribution in [3.8, 4) is 11.4 Å². The first-order chi connectivity index (χ1) is 12.0. The van der Waals surface area contributed by atoms with E-state index in [9.17, 15) is 14.0 Å². The molecule has 3 aromatic rings. The maximum Gasteiger partial charge on any atom is 0.254 e. The van der Waals surface area contributed by atoms with Crippen LogP contribution in [-0.4, -0.2) is 15.5 Å². The quantitative estimate of drug-likeness (QED) is 0.796. The predicted molar refractivity (Wildman–Crippen MR) is 93.7 cm³/mol. The van der Waals surface area contributed by atoms with E-state index in [1.54, 1.807) is 6.92 Å². The number of halogens is 1. The fourth-order valence-corrected chi connectivity index (χ4v) is 2.46. The second kappa shape index (κ2) is 7.09. The molecule has 5 nitrogen and oxygen atoms in total. The maximum absolute atomic E-state index is 12.9. The Morgan fingerprint density at radius 3 is 2.48 bits per heavy atom. The first-order valence-corrected chi connectivity index (χ1v) is 7.72. The van der Waals surface area contributed by atoms with Crippen LogP contribution in [0.2, 0.25) is 0 Å². The second-order valence-corrected chi connectivity index (χ2v) is 5.57. The molecule has 0 fully saturated rings. The lowest BCUT2D eigenvalue weighted by Gasteiger charge is -2.13. The molecule has 0 radical (unpaired) electrons. The standard InChI is InChI=1S/C19H16FN3O2/c1-13-11-18(25)23(19(21-13)14-5-3-2-4-6-14)12-17(24)22-16-9-7-15(20)8-10-16/h2-11H,12H2,1H3,(H,22,24). The Morgan fingerprint density at radius 1 is 1.12 bits per heavy atom. The van der Waals surface area contributed by atoms with Crippen LogP contribution in [0.3, 0.4) is 0 Å². The zero-order valence-corrected chi connectivity index (χ0v) is 13.6. The molecule has 0 aliphatic heterocycles. The van der Waals surface area contributed by atoms with Gasteiger partial charge >= 0.3 is 0 Å². The summed E-state index contributed by atoms with van der Waals surface area (Å²) in [5.41, 5.74) is 1.48. The molecule has 0 aliphatic carbocycles. The average molecular weight is 337 g/mol. The number of nitrogens with one attached hydrogen (secondary N) is 1. The Hall–Kier alpha value is -3.28. The Bertz CT molecular complexity index is 951. The molecular formula is C19H16FN3O2. The van der Waals surface area contributed by atoms with Gasteiger partial charge < -0.3 is 5.32 Å². The number of hydrogen-bond donors (Lipinski definition) is 1. The molecule has 1 amide bonds. The summed E-state index contributed by atoms with van der Waals surface area (Å²) in [6.07, 6.45) is 0. The molecule has 3 rings (SSSR count). The molecule has 1 heterocycles. The highest BCUT2D eigenvalue weighted by Crippen LogP contribution is 2.16. The van der Waals surface area contributed by atoms with Gasteiger partial charge in [-0.3, -0.25) is 14.2 Å². The molecule has 0 spiro atoms. The zero-order valence-electron chi connectivity index (χ0n) is 13.6. The van der Waals surface area contributed by atoms with E-state index >= 15 is 0 Å². The molecule has 0 aliphatic rings. The van der Waals surface area contributed by atoms with Crippen molar-refractivity contribution in [3.63, 3.8) is 0 Å². The third-order valence-electron chi connectivity index (χ3n) is 3.60. The van der Waals surface area contributed by atoms with Crippen LogP contribution < -0.4 is 10.9 Å². The molecule has 1 N–H and O–H groups in total. The van der Waals surface area contributed by atoms with Crippen molar-refractivity contribution in [2.75, 3.05) is 5.32 Å². The number of nitrogens with zero attached hydrogens (tertiary/aromatic N) is 2. The van der Waals surface area contributed by atoms with Crippen LogP contribution in [0.15, 0.2) is 65.5 Å². The Kier molecular flexibility index (Phi) is 4.70. The van der Waals surface area contributed by atoms with Crippen LogP contribution in [-0.2, 0) is 11.3 Å². The van der Waals surface area contributed by atoms with E-state index in [0.717, 1.165) is 5.56 Å². The van der Waals surface area contributed by atoms with Crippen molar-refractivity contribution in [1.82, 2.24) is 9.55 Å². The van der Waals surface area contributed by atoms with Gasteiger partial charge in [-0.15, -0.1) is 0 Å². The normalized spacial score (nSPS) is 10.5. The third-order valence-corrected chi connectivity index (χ3v) is 3.60. The molecule has 1 aromatic heterocycles. The van der Waals surface area contributed by atoms with E-state index in [4.69, 9.17) is 0 Å². The summed E-state index contributed by atoms with van der Waals surface area (Å²) >= 11 is 0. The number of anilines is 1. The first kappa shape index (κ1) is 16.6.